The molecule has 0 radical (unpaired) electrons. The number of unbranched alkanes of at least 4 members (excludes halogenated alkanes) is 4. The molecule has 0 spiro atoms. The summed E-state index contributed by atoms with van der Waals surface area (Å²) in [6.45, 7) is 1.96. The molecular weight excluding hydrogens is 316 g/mol. The molecule has 1 rings (SSSR count). The monoisotopic (exact) mass is 350 g/mol. The van der Waals surface area contributed by atoms with E-state index in [1.165, 1.54) is 25.7 Å². The van der Waals surface area contributed by atoms with E-state index in [-0.39, 0.29) is 6.10 Å². The molecule has 0 saturated carbocycles. The zero-order valence-corrected chi connectivity index (χ0v) is 14.8. The summed E-state index contributed by atoms with van der Waals surface area (Å²) in [5.41, 5.74) is 0. The molecule has 7 heteroatoms. The van der Waals surface area contributed by atoms with Crippen LogP contribution in [0, 0.1) is 0 Å². The normalized spacial score (nSPS) is 29.8. The maximum atomic E-state index is 9.89. The van der Waals surface area contributed by atoms with E-state index in [0.717, 1.165) is 12.8 Å². The van der Waals surface area contributed by atoms with Crippen LogP contribution in [0.2, 0.25) is 0 Å². The van der Waals surface area contributed by atoms with Crippen LogP contribution in [-0.4, -0.2) is 77.6 Å². The van der Waals surface area contributed by atoms with Crippen LogP contribution in [0.25, 0.3) is 0 Å². The minimum absolute atomic E-state index is 0.0916. The summed E-state index contributed by atoms with van der Waals surface area (Å²) in [5, 5.41) is 38.2. The molecule has 144 valence electrons. The van der Waals surface area contributed by atoms with Crippen molar-refractivity contribution >= 4 is 0 Å². The number of rotatable bonds is 13. The molecule has 7 nitrogen and oxygen atoms in total. The van der Waals surface area contributed by atoms with Gasteiger partial charge in [0, 0.05) is 7.11 Å². The van der Waals surface area contributed by atoms with Crippen LogP contribution >= 0.6 is 0 Å². The van der Waals surface area contributed by atoms with Gasteiger partial charge < -0.3 is 34.6 Å². The van der Waals surface area contributed by atoms with E-state index >= 15 is 0 Å². The fourth-order valence-corrected chi connectivity index (χ4v) is 2.90. The van der Waals surface area contributed by atoms with Crippen molar-refractivity contribution in [1.29, 1.82) is 0 Å². The average Bonchev–Trinajstić information content (AvgIpc) is 2.87. The van der Waals surface area contributed by atoms with Crippen molar-refractivity contribution < 1.29 is 34.6 Å². The first-order valence-corrected chi connectivity index (χ1v) is 9.00. The standard InChI is InChI=1S/C17H34O7/c1-3-4-5-6-7-8-12(22-2)9-10-23-17-15(21)14(20)16(24-17)13(19)11-18/h12-21H,3-11H2,1-2H3/t12-,13-,14-,15-,16-,17+/m1/s1. The van der Waals surface area contributed by atoms with Crippen LogP contribution in [0.4, 0.5) is 0 Å². The molecule has 6 atom stereocenters. The third-order valence-corrected chi connectivity index (χ3v) is 4.51. The Hall–Kier alpha value is -0.280. The van der Waals surface area contributed by atoms with Gasteiger partial charge in [-0.1, -0.05) is 39.0 Å². The molecule has 0 amide bonds. The fraction of sp³-hybridized carbons (Fsp3) is 1.00. The first-order valence-electron chi connectivity index (χ1n) is 9.00. The summed E-state index contributed by atoms with van der Waals surface area (Å²) in [5.74, 6) is 0. The molecule has 0 aromatic rings. The summed E-state index contributed by atoms with van der Waals surface area (Å²) in [6.07, 6.45) is 1.94. The zero-order valence-electron chi connectivity index (χ0n) is 14.8. The number of aliphatic hydroxyl groups excluding tert-OH is 4. The van der Waals surface area contributed by atoms with Crippen LogP contribution in [-0.2, 0) is 14.2 Å². The Bertz CT molecular complexity index is 315. The van der Waals surface area contributed by atoms with Gasteiger partial charge in [0.05, 0.1) is 19.3 Å². The van der Waals surface area contributed by atoms with Gasteiger partial charge in [0.1, 0.15) is 24.4 Å². The first kappa shape index (κ1) is 21.8. The maximum Gasteiger partial charge on any atom is 0.186 e. The van der Waals surface area contributed by atoms with Crippen LogP contribution in [0.15, 0.2) is 0 Å². The predicted molar refractivity (Wildman–Crippen MR) is 88.5 cm³/mol. The van der Waals surface area contributed by atoms with Gasteiger partial charge in [-0.2, -0.15) is 0 Å². The Morgan fingerprint density at radius 1 is 1.04 bits per heavy atom. The van der Waals surface area contributed by atoms with Crippen LogP contribution in [0.1, 0.15) is 51.9 Å². The second-order valence-electron chi connectivity index (χ2n) is 6.42. The molecule has 1 fully saturated rings. The van der Waals surface area contributed by atoms with Crippen molar-refractivity contribution in [3.63, 3.8) is 0 Å². The number of hydrogen-bond acceptors (Lipinski definition) is 7. The van der Waals surface area contributed by atoms with Crippen LogP contribution in [0.3, 0.4) is 0 Å². The van der Waals surface area contributed by atoms with E-state index in [1.807, 2.05) is 0 Å². The number of ether oxygens (including phenoxy) is 3. The highest BCUT2D eigenvalue weighted by Crippen LogP contribution is 2.25. The zero-order chi connectivity index (χ0) is 17.9. The third-order valence-electron chi connectivity index (χ3n) is 4.51. The quantitative estimate of drug-likeness (QED) is 0.360. The Kier molecular flexibility index (Phi) is 11.0. The third kappa shape index (κ3) is 6.92. The van der Waals surface area contributed by atoms with E-state index in [0.29, 0.717) is 13.0 Å². The van der Waals surface area contributed by atoms with Crippen LogP contribution < -0.4 is 0 Å². The lowest BCUT2D eigenvalue weighted by Gasteiger charge is -2.19. The van der Waals surface area contributed by atoms with E-state index in [2.05, 4.69) is 6.92 Å². The highest BCUT2D eigenvalue weighted by atomic mass is 16.7. The SMILES string of the molecule is CCCCCCC[C@H](CCO[C@H]1O[C@H]([C@H](O)CO)[C@H](O)[C@H]1O)OC. The van der Waals surface area contributed by atoms with E-state index in [4.69, 9.17) is 19.3 Å². The molecule has 0 bridgehead atoms. The fourth-order valence-electron chi connectivity index (χ4n) is 2.90. The molecule has 1 aliphatic rings. The Balaban J connectivity index is 2.25. The van der Waals surface area contributed by atoms with Crippen molar-refractivity contribution in [1.82, 2.24) is 0 Å². The molecule has 4 N–H and O–H groups in total. The second kappa shape index (κ2) is 12.1. The van der Waals surface area contributed by atoms with Crippen molar-refractivity contribution in [2.24, 2.45) is 0 Å². The number of methoxy groups -OCH3 is 1. The van der Waals surface area contributed by atoms with Gasteiger partial charge in [-0.25, -0.2) is 0 Å². The summed E-state index contributed by atoms with van der Waals surface area (Å²) in [7, 11) is 1.68. The lowest BCUT2D eigenvalue weighted by Crippen LogP contribution is -2.40. The van der Waals surface area contributed by atoms with E-state index < -0.39 is 37.3 Å². The highest BCUT2D eigenvalue weighted by Gasteiger charge is 2.46. The van der Waals surface area contributed by atoms with E-state index in [1.54, 1.807) is 7.11 Å². The Morgan fingerprint density at radius 3 is 2.38 bits per heavy atom. The summed E-state index contributed by atoms with van der Waals surface area (Å²) >= 11 is 0. The van der Waals surface area contributed by atoms with Gasteiger partial charge in [-0.05, 0) is 12.8 Å². The maximum absolute atomic E-state index is 9.89. The Morgan fingerprint density at radius 2 is 1.75 bits per heavy atom. The summed E-state index contributed by atoms with van der Waals surface area (Å²) in [4.78, 5) is 0. The highest BCUT2D eigenvalue weighted by molar-refractivity contribution is 4.90. The average molecular weight is 350 g/mol. The summed E-state index contributed by atoms with van der Waals surface area (Å²) < 4.78 is 16.2. The van der Waals surface area contributed by atoms with E-state index in [9.17, 15) is 15.3 Å². The number of aliphatic hydroxyl groups is 4. The number of hydrogen-bond donors (Lipinski definition) is 4. The second-order valence-corrected chi connectivity index (χ2v) is 6.42. The Labute approximate surface area is 144 Å². The van der Waals surface area contributed by atoms with Crippen molar-refractivity contribution in [2.75, 3.05) is 20.3 Å². The van der Waals surface area contributed by atoms with Crippen LogP contribution in [0.5, 0.6) is 0 Å². The molecule has 0 aliphatic carbocycles. The summed E-state index contributed by atoms with van der Waals surface area (Å²) in [6, 6.07) is 0. The molecule has 1 heterocycles. The molecular formula is C17H34O7. The molecule has 0 unspecified atom stereocenters. The van der Waals surface area contributed by atoms with Gasteiger partial charge in [-0.3, -0.25) is 0 Å². The first-order chi connectivity index (χ1) is 11.5. The molecule has 0 aromatic heterocycles. The molecule has 24 heavy (non-hydrogen) atoms. The van der Waals surface area contributed by atoms with Gasteiger partial charge in [0.2, 0.25) is 0 Å². The molecule has 1 saturated heterocycles. The minimum Gasteiger partial charge on any atom is -0.394 e. The van der Waals surface area contributed by atoms with Gasteiger partial charge in [-0.15, -0.1) is 0 Å². The largest absolute Gasteiger partial charge is 0.394 e. The van der Waals surface area contributed by atoms with Gasteiger partial charge >= 0.3 is 0 Å². The molecule has 0 aromatic carbocycles. The predicted octanol–water partition coefficient (Wildman–Crippen LogP) is 0.568. The molecule has 1 aliphatic heterocycles. The van der Waals surface area contributed by atoms with Crippen molar-refractivity contribution in [3.05, 3.63) is 0 Å². The lowest BCUT2D eigenvalue weighted by atomic mass is 10.1. The topological polar surface area (TPSA) is 109 Å². The van der Waals surface area contributed by atoms with Crippen molar-refractivity contribution in [2.45, 2.75) is 88.7 Å². The van der Waals surface area contributed by atoms with Crippen molar-refractivity contribution in [3.8, 4) is 0 Å². The van der Waals surface area contributed by atoms with Gasteiger partial charge in [0.25, 0.3) is 0 Å². The van der Waals surface area contributed by atoms with Gasteiger partial charge in [0.15, 0.2) is 6.29 Å². The minimum atomic E-state index is -1.28. The smallest absolute Gasteiger partial charge is 0.186 e. The lowest BCUT2D eigenvalue weighted by molar-refractivity contribution is -0.183.